The van der Waals surface area contributed by atoms with E-state index in [1.165, 1.54) is 11.3 Å². The lowest BCUT2D eigenvalue weighted by Gasteiger charge is -2.13. The standard InChI is InChI=1S/C12H15N5OS/c1-8-7-19-12(15-8)16-11(18)9-4-13-5-10-2-3-14-17(10)6-9/h2-3,7,9,13H,4-6H2,1H3,(H,15,16,18)/t9-/m1/s1. The number of thiazole rings is 1. The van der Waals surface area contributed by atoms with Crippen molar-refractivity contribution in [1.82, 2.24) is 20.1 Å². The number of hydrogen-bond acceptors (Lipinski definition) is 5. The number of rotatable bonds is 2. The van der Waals surface area contributed by atoms with Crippen LogP contribution in [0.4, 0.5) is 5.13 Å². The molecule has 1 atom stereocenters. The van der Waals surface area contributed by atoms with Crippen molar-refractivity contribution in [3.8, 4) is 0 Å². The van der Waals surface area contributed by atoms with Gasteiger partial charge < -0.3 is 10.6 Å². The van der Waals surface area contributed by atoms with E-state index >= 15 is 0 Å². The fourth-order valence-electron chi connectivity index (χ4n) is 2.12. The van der Waals surface area contributed by atoms with E-state index in [0.717, 1.165) is 17.9 Å². The normalized spacial score (nSPS) is 18.7. The van der Waals surface area contributed by atoms with E-state index in [-0.39, 0.29) is 11.8 Å². The van der Waals surface area contributed by atoms with E-state index in [4.69, 9.17) is 0 Å². The number of aromatic nitrogens is 3. The van der Waals surface area contributed by atoms with Crippen molar-refractivity contribution in [3.63, 3.8) is 0 Å². The minimum absolute atomic E-state index is 0.00907. The predicted molar refractivity (Wildman–Crippen MR) is 72.9 cm³/mol. The number of aryl methyl sites for hydroxylation is 1. The lowest BCUT2D eigenvalue weighted by Crippen LogP contribution is -2.32. The highest BCUT2D eigenvalue weighted by atomic mass is 32.1. The first-order valence-electron chi connectivity index (χ1n) is 6.17. The highest BCUT2D eigenvalue weighted by Crippen LogP contribution is 2.17. The Kier molecular flexibility index (Phi) is 3.31. The maximum Gasteiger partial charge on any atom is 0.232 e. The number of carbonyl (C=O) groups excluding carboxylic acids is 1. The molecule has 1 amide bonds. The van der Waals surface area contributed by atoms with E-state index in [0.29, 0.717) is 18.2 Å². The first-order valence-corrected chi connectivity index (χ1v) is 7.05. The predicted octanol–water partition coefficient (Wildman–Crippen LogP) is 1.01. The molecule has 0 radical (unpaired) electrons. The molecular weight excluding hydrogens is 262 g/mol. The van der Waals surface area contributed by atoms with Gasteiger partial charge in [-0.15, -0.1) is 11.3 Å². The van der Waals surface area contributed by atoms with Crippen LogP contribution < -0.4 is 10.6 Å². The second kappa shape index (κ2) is 5.10. The molecule has 1 aliphatic rings. The number of nitrogens with zero attached hydrogens (tertiary/aromatic N) is 3. The van der Waals surface area contributed by atoms with Crippen LogP contribution in [0.2, 0.25) is 0 Å². The second-order valence-corrected chi connectivity index (χ2v) is 5.47. The molecule has 0 unspecified atom stereocenters. The molecule has 3 rings (SSSR count). The minimum atomic E-state index is -0.134. The van der Waals surface area contributed by atoms with Crippen LogP contribution in [-0.2, 0) is 17.9 Å². The number of fused-ring (bicyclic) bond motifs is 1. The molecule has 3 heterocycles. The molecule has 0 spiro atoms. The molecule has 0 saturated heterocycles. The average Bonchev–Trinajstić information content (AvgIpc) is 2.93. The summed E-state index contributed by atoms with van der Waals surface area (Å²) >= 11 is 1.45. The largest absolute Gasteiger partial charge is 0.310 e. The Bertz CT molecular complexity index is 590. The lowest BCUT2D eigenvalue weighted by molar-refractivity contribution is -0.120. The monoisotopic (exact) mass is 277 g/mol. The van der Waals surface area contributed by atoms with Crippen molar-refractivity contribution in [2.45, 2.75) is 20.0 Å². The van der Waals surface area contributed by atoms with Gasteiger partial charge in [0.2, 0.25) is 5.91 Å². The first kappa shape index (κ1) is 12.3. The minimum Gasteiger partial charge on any atom is -0.310 e. The molecule has 19 heavy (non-hydrogen) atoms. The van der Waals surface area contributed by atoms with Crippen LogP contribution in [-0.4, -0.2) is 27.2 Å². The zero-order valence-electron chi connectivity index (χ0n) is 10.6. The van der Waals surface area contributed by atoms with Crippen molar-refractivity contribution in [2.24, 2.45) is 5.92 Å². The molecule has 0 fully saturated rings. The third-order valence-corrected chi connectivity index (χ3v) is 3.99. The number of amides is 1. The van der Waals surface area contributed by atoms with E-state index in [9.17, 15) is 4.79 Å². The van der Waals surface area contributed by atoms with Crippen molar-refractivity contribution in [1.29, 1.82) is 0 Å². The van der Waals surface area contributed by atoms with Gasteiger partial charge in [0.25, 0.3) is 0 Å². The van der Waals surface area contributed by atoms with Crippen molar-refractivity contribution >= 4 is 22.4 Å². The van der Waals surface area contributed by atoms with E-state index in [1.54, 1.807) is 6.20 Å². The van der Waals surface area contributed by atoms with Gasteiger partial charge in [0.1, 0.15) is 0 Å². The molecule has 7 heteroatoms. The molecule has 0 aromatic carbocycles. The molecule has 6 nitrogen and oxygen atoms in total. The van der Waals surface area contributed by atoms with Crippen LogP contribution in [0.3, 0.4) is 0 Å². The Hall–Kier alpha value is -1.73. The molecule has 100 valence electrons. The van der Waals surface area contributed by atoms with Gasteiger partial charge in [0, 0.05) is 24.7 Å². The summed E-state index contributed by atoms with van der Waals surface area (Å²) in [5.41, 5.74) is 2.04. The smallest absolute Gasteiger partial charge is 0.232 e. The Morgan fingerprint density at radius 1 is 1.63 bits per heavy atom. The van der Waals surface area contributed by atoms with Crippen molar-refractivity contribution < 1.29 is 4.79 Å². The van der Waals surface area contributed by atoms with Gasteiger partial charge in [-0.3, -0.25) is 9.48 Å². The van der Waals surface area contributed by atoms with Gasteiger partial charge in [-0.1, -0.05) is 0 Å². The van der Waals surface area contributed by atoms with Crippen LogP contribution in [0.15, 0.2) is 17.6 Å². The Labute approximate surface area is 114 Å². The SMILES string of the molecule is Cc1csc(NC(=O)[C@@H]2CNCc3ccnn3C2)n1. The third-order valence-electron chi connectivity index (χ3n) is 3.11. The molecule has 0 bridgehead atoms. The fourth-order valence-corrected chi connectivity index (χ4v) is 2.81. The lowest BCUT2D eigenvalue weighted by atomic mass is 10.1. The fraction of sp³-hybridized carbons (Fsp3) is 0.417. The third kappa shape index (κ3) is 2.66. The van der Waals surface area contributed by atoms with Crippen molar-refractivity contribution in [2.75, 3.05) is 11.9 Å². The Morgan fingerprint density at radius 3 is 3.32 bits per heavy atom. The quantitative estimate of drug-likeness (QED) is 0.859. The highest BCUT2D eigenvalue weighted by Gasteiger charge is 2.23. The summed E-state index contributed by atoms with van der Waals surface area (Å²) in [7, 11) is 0. The van der Waals surface area contributed by atoms with Gasteiger partial charge in [-0.2, -0.15) is 5.10 Å². The van der Waals surface area contributed by atoms with Gasteiger partial charge in [-0.05, 0) is 13.0 Å². The molecular formula is C12H15N5OS. The summed E-state index contributed by atoms with van der Waals surface area (Å²) in [5, 5.41) is 13.0. The zero-order valence-corrected chi connectivity index (χ0v) is 11.4. The summed E-state index contributed by atoms with van der Waals surface area (Å²) in [6.45, 7) is 3.92. The van der Waals surface area contributed by atoms with E-state index < -0.39 is 0 Å². The second-order valence-electron chi connectivity index (χ2n) is 4.62. The first-order chi connectivity index (χ1) is 9.22. The molecule has 0 saturated carbocycles. The summed E-state index contributed by atoms with van der Waals surface area (Å²) in [4.78, 5) is 16.5. The van der Waals surface area contributed by atoms with Crippen molar-refractivity contribution in [3.05, 3.63) is 29.0 Å². The van der Waals surface area contributed by atoms with Crippen LogP contribution >= 0.6 is 11.3 Å². The summed E-state index contributed by atoms with van der Waals surface area (Å²) in [5.74, 6) is -0.143. The van der Waals surface area contributed by atoms with Crippen LogP contribution in [0, 0.1) is 12.8 Å². The average molecular weight is 277 g/mol. The molecule has 1 aliphatic heterocycles. The maximum atomic E-state index is 12.2. The van der Waals surface area contributed by atoms with Crippen LogP contribution in [0.25, 0.3) is 0 Å². The number of hydrogen-bond donors (Lipinski definition) is 2. The Morgan fingerprint density at radius 2 is 2.53 bits per heavy atom. The van der Waals surface area contributed by atoms with E-state index in [2.05, 4.69) is 20.7 Å². The number of carbonyl (C=O) groups is 1. The molecule has 2 aromatic rings. The summed E-state index contributed by atoms with van der Waals surface area (Å²) in [6.07, 6.45) is 1.77. The van der Waals surface area contributed by atoms with Gasteiger partial charge in [0.15, 0.2) is 5.13 Å². The van der Waals surface area contributed by atoms with Crippen LogP contribution in [0.5, 0.6) is 0 Å². The number of anilines is 1. The Balaban J connectivity index is 1.70. The van der Waals surface area contributed by atoms with Crippen LogP contribution in [0.1, 0.15) is 11.4 Å². The maximum absolute atomic E-state index is 12.2. The van der Waals surface area contributed by atoms with Gasteiger partial charge in [0.05, 0.1) is 23.9 Å². The topological polar surface area (TPSA) is 71.8 Å². The summed E-state index contributed by atoms with van der Waals surface area (Å²) in [6, 6.07) is 1.97. The molecule has 0 aliphatic carbocycles. The van der Waals surface area contributed by atoms with Gasteiger partial charge in [-0.25, -0.2) is 4.98 Å². The molecule has 2 N–H and O–H groups in total. The zero-order chi connectivity index (χ0) is 13.2. The van der Waals surface area contributed by atoms with E-state index in [1.807, 2.05) is 23.1 Å². The number of nitrogens with one attached hydrogen (secondary N) is 2. The summed E-state index contributed by atoms with van der Waals surface area (Å²) < 4.78 is 1.89. The van der Waals surface area contributed by atoms with Gasteiger partial charge >= 0.3 is 0 Å². The molecule has 2 aromatic heterocycles. The highest BCUT2D eigenvalue weighted by molar-refractivity contribution is 7.13.